The normalized spacial score (nSPS) is 10.3. The topological polar surface area (TPSA) is 270 Å². The fourth-order valence-corrected chi connectivity index (χ4v) is 14.7. The van der Waals surface area contributed by atoms with E-state index in [1.807, 2.05) is 72.3 Å². The first kappa shape index (κ1) is 115. The van der Waals surface area contributed by atoms with Crippen LogP contribution in [0.25, 0.3) is 143 Å². The minimum Gasteiger partial charge on any atom is -0.497 e. The van der Waals surface area contributed by atoms with E-state index in [0.29, 0.717) is 45.7 Å². The fraction of sp³-hybridized carbons (Fsp3) is 0.0796. The van der Waals surface area contributed by atoms with Crippen LogP contribution < -0.4 is 9.47 Å². The molecule has 12 aromatic heterocycles. The standard InChI is InChI=1S/2C15H14N2O2.C13H10N2O2.2C12H5F2N2.2C12H8F2NO.2C11H6F2N.3Ir/c2*1-2-7-17-13-6-4-3-5-10(13)11-8-12(15(18)19)16-9-14(11)17;1-15-11-5-3-2-4-8(11)9-6-10(13(16)17)14-7-12(9)15;2*1-15-12-9(13)6-5-8(11(12)14)10-4-2-3-7-16-10;2*1-16-9-4-5-15-12(7-9)10-3-2-8(13)6-11(10)14;2*12-8-4-5-9(10(13)7-8)11-3-1-2-6-14-11;;;/h2*3-6,8-9H,2,7H2,1H3,(H,18,19);2-7H,1H3,(H,16,17);2*2-4,6-7H;2*2,4-7H,1H3;2*1-4,6-7H;;;/q;;;6*-1;;;. The number of nitrogens with zero attached hydrogens (tertiary/aromatic N) is 14. The molecule has 150 heavy (non-hydrogen) atoms. The average Bonchev–Trinajstić information content (AvgIpc) is 1.61. The molecule has 0 bridgehead atoms. The van der Waals surface area contributed by atoms with Gasteiger partial charge in [0.15, 0.2) is 11.4 Å². The molecule has 0 atom stereocenters. The van der Waals surface area contributed by atoms with Crippen molar-refractivity contribution in [1.29, 1.82) is 0 Å². The summed E-state index contributed by atoms with van der Waals surface area (Å²) in [6.45, 7) is 19.4. The van der Waals surface area contributed by atoms with Crippen LogP contribution in [0.15, 0.2) is 304 Å². The number of carbonyl (C=O) groups is 3. The number of para-hydroxylation sites is 3. The summed E-state index contributed by atoms with van der Waals surface area (Å²) in [5.74, 6) is -10.8. The molecule has 21 rings (SSSR count). The number of aromatic carboxylic acids is 3. The molecule has 0 saturated heterocycles. The van der Waals surface area contributed by atoms with Gasteiger partial charge >= 0.3 is 17.9 Å². The molecule has 0 unspecified atom stereocenters. The van der Waals surface area contributed by atoms with E-state index in [-0.39, 0.29) is 111 Å². The minimum absolute atomic E-state index is 0. The first-order chi connectivity index (χ1) is 71.0. The molecular weight excluding hydrogens is 2490 g/mol. The molecule has 0 saturated carbocycles. The van der Waals surface area contributed by atoms with Crippen LogP contribution in [0.1, 0.15) is 58.2 Å². The van der Waals surface area contributed by atoms with Gasteiger partial charge in [0.05, 0.1) is 62.5 Å². The SMILES string of the molecule is CCCn1c2ccccc2c2cc(C(=O)O)ncc21.CCCn1c2ccccc2c2cc(C(=O)O)ncc21.COc1ccnc(-c2[c-]cc(F)cc2F)c1.COc1ccnc(-c2[c-]cc(F)cc2F)c1.Cn1c2ccccc2c2cc(C(=O)O)ncc21.Fc1c[c-]c(-c2ccccn2)c(F)c1.Fc1c[c-]c(-c2ccccn2)c(F)c1.[C-]#[N+]c1c(F)c[c-]c(-c2ccccn2)c1F.[C-]#[N+]c1c(F)c[c-]c(-c2ccccn2)c1F.[Ir].[Ir].[Ir]. The Morgan fingerprint density at radius 1 is 0.313 bits per heavy atom. The van der Waals surface area contributed by atoms with E-state index in [4.69, 9.17) is 37.9 Å². The summed E-state index contributed by atoms with van der Waals surface area (Å²) in [6.07, 6.45) is 16.0. The van der Waals surface area contributed by atoms with Crippen LogP contribution in [0.2, 0.25) is 0 Å². The predicted molar refractivity (Wildman–Crippen MR) is 530 cm³/mol. The molecule has 0 spiro atoms. The second kappa shape index (κ2) is 54.8. The van der Waals surface area contributed by atoms with Crippen LogP contribution in [0.3, 0.4) is 0 Å². The van der Waals surface area contributed by atoms with Crippen molar-refractivity contribution in [2.45, 2.75) is 39.8 Å². The maximum absolute atomic E-state index is 13.7. The summed E-state index contributed by atoms with van der Waals surface area (Å²) in [5.41, 5.74) is 8.17. The van der Waals surface area contributed by atoms with Crippen LogP contribution in [-0.4, -0.2) is 106 Å². The van der Waals surface area contributed by atoms with Gasteiger partial charge in [-0.05, 0) is 132 Å². The number of fused-ring (bicyclic) bond motifs is 9. The van der Waals surface area contributed by atoms with E-state index >= 15 is 0 Å². The number of methoxy groups -OCH3 is 2. The van der Waals surface area contributed by atoms with Gasteiger partial charge in [-0.2, -0.15) is 0 Å². The second-order valence-corrected chi connectivity index (χ2v) is 30.8. The predicted octanol–water partition coefficient (Wildman–Crippen LogP) is 27.1. The first-order valence-corrected chi connectivity index (χ1v) is 44.0. The number of halogens is 12. The van der Waals surface area contributed by atoms with Crippen molar-refractivity contribution in [3.05, 3.63) is 451 Å². The Labute approximate surface area is 889 Å². The summed E-state index contributed by atoms with van der Waals surface area (Å²) >= 11 is 0. The Kier molecular flexibility index (Phi) is 42.0. The zero-order valence-corrected chi connectivity index (χ0v) is 86.1. The minimum atomic E-state index is -1.00. The number of hydrogen-bond acceptors (Lipinski definition) is 14. The molecule has 0 aliphatic rings. The van der Waals surface area contributed by atoms with Crippen molar-refractivity contribution in [2.75, 3.05) is 14.2 Å². The number of aromatic nitrogens is 12. The van der Waals surface area contributed by atoms with Crippen molar-refractivity contribution in [1.82, 2.24) is 58.6 Å². The largest absolute Gasteiger partial charge is 0.497 e. The molecule has 3 radical (unpaired) electrons. The third-order valence-electron chi connectivity index (χ3n) is 21.4. The van der Waals surface area contributed by atoms with Crippen molar-refractivity contribution in [2.24, 2.45) is 7.05 Å². The van der Waals surface area contributed by atoms with Gasteiger partial charge < -0.3 is 68.4 Å². The Balaban J connectivity index is 0.000000172. The summed E-state index contributed by atoms with van der Waals surface area (Å²) < 4.78 is 174. The second-order valence-electron chi connectivity index (χ2n) is 30.8. The van der Waals surface area contributed by atoms with Gasteiger partial charge in [0.2, 0.25) is 0 Å². The van der Waals surface area contributed by atoms with E-state index in [9.17, 15) is 67.1 Å². The Morgan fingerprint density at radius 3 is 0.880 bits per heavy atom. The molecule has 22 nitrogen and oxygen atoms in total. The summed E-state index contributed by atoms with van der Waals surface area (Å²) in [4.78, 5) is 74.3. The van der Waals surface area contributed by atoms with Gasteiger partial charge in [0.25, 0.3) is 0 Å². The van der Waals surface area contributed by atoms with E-state index in [1.165, 1.54) is 39.0 Å². The third kappa shape index (κ3) is 28.4. The van der Waals surface area contributed by atoms with Crippen molar-refractivity contribution < 1.29 is 152 Å². The monoisotopic (exact) mass is 2560 g/mol. The molecule has 763 valence electrons. The van der Waals surface area contributed by atoms with Crippen molar-refractivity contribution in [3.8, 4) is 79.0 Å². The van der Waals surface area contributed by atoms with E-state index in [1.54, 1.807) is 146 Å². The maximum Gasteiger partial charge on any atom is 0.354 e. The van der Waals surface area contributed by atoms with Gasteiger partial charge in [-0.3, -0.25) is 62.4 Å². The van der Waals surface area contributed by atoms with E-state index in [2.05, 4.69) is 126 Å². The molecule has 37 heteroatoms. The maximum atomic E-state index is 13.7. The zero-order valence-electron chi connectivity index (χ0n) is 78.9. The van der Waals surface area contributed by atoms with Crippen LogP contribution in [0, 0.1) is 119 Å². The van der Waals surface area contributed by atoms with Crippen LogP contribution in [-0.2, 0) is 80.5 Å². The number of carboxylic acid groups (broad SMARTS) is 3. The molecule has 0 fully saturated rings. The molecule has 12 heterocycles. The van der Waals surface area contributed by atoms with Gasteiger partial charge in [0.1, 0.15) is 28.6 Å². The molecular formula is C113H76F12Ir3N14O8-6. The van der Waals surface area contributed by atoms with E-state index < -0.39 is 99.1 Å². The third-order valence-corrected chi connectivity index (χ3v) is 21.4. The summed E-state index contributed by atoms with van der Waals surface area (Å²) in [6, 6.07) is 79.8. The fourth-order valence-electron chi connectivity index (χ4n) is 14.7. The quantitative estimate of drug-likeness (QED) is 0.0636. The Hall–Kier alpha value is -17.2. The van der Waals surface area contributed by atoms with Crippen molar-refractivity contribution >= 4 is 94.7 Å². The molecule has 0 aliphatic carbocycles. The number of carboxylic acids is 3. The van der Waals surface area contributed by atoms with E-state index in [0.717, 1.165) is 152 Å². The number of hydrogen-bond donors (Lipinski definition) is 3. The van der Waals surface area contributed by atoms with Crippen LogP contribution in [0.5, 0.6) is 11.5 Å². The Morgan fingerprint density at radius 2 is 0.587 bits per heavy atom. The number of pyridine rings is 9. The van der Waals surface area contributed by atoms with Crippen molar-refractivity contribution in [3.63, 3.8) is 0 Å². The van der Waals surface area contributed by atoms with Gasteiger partial charge in [-0.15, -0.1) is 83.9 Å². The molecule has 0 amide bonds. The van der Waals surface area contributed by atoms with Gasteiger partial charge in [-0.25, -0.2) is 29.3 Å². The zero-order chi connectivity index (χ0) is 105. The smallest absolute Gasteiger partial charge is 0.354 e. The van der Waals surface area contributed by atoms with Crippen LogP contribution >= 0.6 is 0 Å². The average molecular weight is 2560 g/mol. The summed E-state index contributed by atoms with van der Waals surface area (Å²) in [5, 5.41) is 33.1. The molecule has 0 aliphatic heterocycles. The number of ether oxygens (including phenoxy) is 2. The number of benzene rings is 9. The molecule has 9 aromatic carbocycles. The number of rotatable bonds is 15. The number of aryl methyl sites for hydroxylation is 3. The molecule has 21 aromatic rings. The first-order valence-electron chi connectivity index (χ1n) is 44.0. The Bertz CT molecular complexity index is 7990. The van der Waals surface area contributed by atoms with Gasteiger partial charge in [-0.1, -0.05) is 163 Å². The molecule has 3 N–H and O–H groups in total. The summed E-state index contributed by atoms with van der Waals surface area (Å²) in [7, 11) is 4.96. The van der Waals surface area contributed by atoms with Gasteiger partial charge in [0, 0.05) is 236 Å². The van der Waals surface area contributed by atoms with Crippen LogP contribution in [0.4, 0.5) is 64.1 Å².